The number of hydrogen-bond donors (Lipinski definition) is 0. The largest absolute Gasteiger partial charge is 0.368 e. The number of hydrogen-bond acceptors (Lipinski definition) is 3. The summed E-state index contributed by atoms with van der Waals surface area (Å²) >= 11 is 5.92. The van der Waals surface area contributed by atoms with Crippen molar-refractivity contribution in [3.8, 4) is 18.4 Å². The van der Waals surface area contributed by atoms with Gasteiger partial charge in [-0.2, -0.15) is 5.26 Å². The van der Waals surface area contributed by atoms with E-state index in [1.165, 1.54) is 0 Å². The van der Waals surface area contributed by atoms with Crippen LogP contribution in [0.3, 0.4) is 0 Å². The topological polar surface area (TPSA) is 30.3 Å². The van der Waals surface area contributed by atoms with Gasteiger partial charge in [-0.1, -0.05) is 11.6 Å². The Morgan fingerprint density at radius 1 is 1.26 bits per heavy atom. The third-order valence-electron chi connectivity index (χ3n) is 3.36. The summed E-state index contributed by atoms with van der Waals surface area (Å²) in [4.78, 5) is 4.60. The van der Waals surface area contributed by atoms with Crippen LogP contribution < -0.4 is 4.90 Å². The molecule has 0 amide bonds. The molecule has 1 aromatic rings. The predicted molar refractivity (Wildman–Crippen MR) is 78.3 cm³/mol. The molecule has 0 aliphatic carbocycles. The summed E-state index contributed by atoms with van der Waals surface area (Å²) in [6, 6.07) is 7.70. The minimum Gasteiger partial charge on any atom is -0.368 e. The summed E-state index contributed by atoms with van der Waals surface area (Å²) in [7, 11) is 0. The van der Waals surface area contributed by atoms with Crippen LogP contribution in [0.2, 0.25) is 5.02 Å². The van der Waals surface area contributed by atoms with Crippen LogP contribution >= 0.6 is 11.6 Å². The lowest BCUT2D eigenvalue weighted by Gasteiger charge is -2.36. The van der Waals surface area contributed by atoms with E-state index in [9.17, 15) is 5.26 Å². The van der Waals surface area contributed by atoms with Gasteiger partial charge in [0.15, 0.2) is 0 Å². The van der Waals surface area contributed by atoms with Crippen molar-refractivity contribution >= 4 is 17.3 Å². The molecule has 4 heteroatoms. The van der Waals surface area contributed by atoms with Crippen molar-refractivity contribution in [2.45, 2.75) is 6.42 Å². The quantitative estimate of drug-likeness (QED) is 0.792. The number of rotatable bonds is 3. The first-order valence-corrected chi connectivity index (χ1v) is 6.73. The molecule has 1 aromatic carbocycles. The van der Waals surface area contributed by atoms with E-state index < -0.39 is 0 Å². The van der Waals surface area contributed by atoms with E-state index >= 15 is 0 Å². The highest BCUT2D eigenvalue weighted by atomic mass is 35.5. The number of terminal acetylenes is 1. The molecule has 1 heterocycles. The lowest BCUT2D eigenvalue weighted by molar-refractivity contribution is 0.264. The number of anilines is 1. The Balaban J connectivity index is 2.02. The molecule has 98 valence electrons. The van der Waals surface area contributed by atoms with Crippen LogP contribution in [0.15, 0.2) is 18.2 Å². The van der Waals surface area contributed by atoms with Crippen LogP contribution in [0.4, 0.5) is 5.69 Å². The Morgan fingerprint density at radius 2 is 2.00 bits per heavy atom. The molecule has 0 atom stereocenters. The van der Waals surface area contributed by atoms with E-state index in [4.69, 9.17) is 18.0 Å². The maximum absolute atomic E-state index is 9.17. The van der Waals surface area contributed by atoms with Crippen molar-refractivity contribution in [1.82, 2.24) is 4.90 Å². The van der Waals surface area contributed by atoms with E-state index in [2.05, 4.69) is 21.8 Å². The average Bonchev–Trinajstić information content (AvgIpc) is 2.45. The van der Waals surface area contributed by atoms with Crippen molar-refractivity contribution in [2.75, 3.05) is 37.6 Å². The van der Waals surface area contributed by atoms with Gasteiger partial charge < -0.3 is 4.90 Å². The molecular weight excluding hydrogens is 258 g/mol. The SMILES string of the molecule is C#CCCN1CCN(c2ccc(Cl)cc2C#N)CC1. The Kier molecular flexibility index (Phi) is 4.68. The lowest BCUT2D eigenvalue weighted by atomic mass is 10.1. The zero-order valence-corrected chi connectivity index (χ0v) is 11.5. The monoisotopic (exact) mass is 273 g/mol. The van der Waals surface area contributed by atoms with Crippen LogP contribution in [0.5, 0.6) is 0 Å². The lowest BCUT2D eigenvalue weighted by Crippen LogP contribution is -2.46. The zero-order valence-electron chi connectivity index (χ0n) is 10.8. The fourth-order valence-corrected chi connectivity index (χ4v) is 2.48. The third kappa shape index (κ3) is 3.41. The second-order valence-electron chi connectivity index (χ2n) is 4.56. The fraction of sp³-hybridized carbons (Fsp3) is 0.400. The highest BCUT2D eigenvalue weighted by molar-refractivity contribution is 6.30. The van der Waals surface area contributed by atoms with Crippen molar-refractivity contribution < 1.29 is 0 Å². The summed E-state index contributed by atoms with van der Waals surface area (Å²) in [5.74, 6) is 2.67. The molecule has 1 fully saturated rings. The molecule has 1 aliphatic heterocycles. The maximum atomic E-state index is 9.17. The first kappa shape index (κ1) is 13.7. The Bertz CT molecular complexity index is 519. The summed E-state index contributed by atoms with van der Waals surface area (Å²) < 4.78 is 0. The molecule has 0 radical (unpaired) electrons. The van der Waals surface area contributed by atoms with Gasteiger partial charge in [0.2, 0.25) is 0 Å². The fourth-order valence-electron chi connectivity index (χ4n) is 2.31. The zero-order chi connectivity index (χ0) is 13.7. The van der Waals surface area contributed by atoms with E-state index in [1.54, 1.807) is 6.07 Å². The van der Waals surface area contributed by atoms with Gasteiger partial charge in [0.05, 0.1) is 11.3 Å². The first-order chi connectivity index (χ1) is 9.24. The van der Waals surface area contributed by atoms with Gasteiger partial charge in [0.1, 0.15) is 6.07 Å². The number of nitrogens with zero attached hydrogens (tertiary/aromatic N) is 3. The standard InChI is InChI=1S/C15H16ClN3/c1-2-3-6-18-7-9-19(10-8-18)15-5-4-14(16)11-13(15)12-17/h1,4-5,11H,3,6-10H2. The highest BCUT2D eigenvalue weighted by Gasteiger charge is 2.18. The molecule has 0 unspecified atom stereocenters. The second kappa shape index (κ2) is 6.48. The van der Waals surface area contributed by atoms with Gasteiger partial charge in [-0.3, -0.25) is 4.90 Å². The van der Waals surface area contributed by atoms with Crippen molar-refractivity contribution in [1.29, 1.82) is 5.26 Å². The smallest absolute Gasteiger partial charge is 0.101 e. The summed E-state index contributed by atoms with van der Waals surface area (Å²) in [6.07, 6.45) is 6.08. The maximum Gasteiger partial charge on any atom is 0.101 e. The van der Waals surface area contributed by atoms with Gasteiger partial charge in [0, 0.05) is 44.2 Å². The van der Waals surface area contributed by atoms with Gasteiger partial charge in [-0.05, 0) is 18.2 Å². The third-order valence-corrected chi connectivity index (χ3v) is 3.60. The normalized spacial score (nSPS) is 15.8. The first-order valence-electron chi connectivity index (χ1n) is 6.35. The number of piperazine rings is 1. The molecule has 2 rings (SSSR count). The summed E-state index contributed by atoms with van der Waals surface area (Å²) in [5, 5.41) is 9.78. The number of benzene rings is 1. The van der Waals surface area contributed by atoms with E-state index in [0.717, 1.165) is 44.8 Å². The van der Waals surface area contributed by atoms with Gasteiger partial charge in [-0.15, -0.1) is 12.3 Å². The Labute approximate surface area is 119 Å². The molecule has 0 spiro atoms. The molecule has 0 N–H and O–H groups in total. The summed E-state index contributed by atoms with van der Waals surface area (Å²) in [5.41, 5.74) is 1.62. The van der Waals surface area contributed by atoms with Crippen molar-refractivity contribution in [2.24, 2.45) is 0 Å². The second-order valence-corrected chi connectivity index (χ2v) is 4.99. The van der Waals surface area contributed by atoms with Crippen molar-refractivity contribution in [3.63, 3.8) is 0 Å². The average molecular weight is 274 g/mol. The minimum absolute atomic E-state index is 0.605. The molecule has 0 saturated carbocycles. The molecule has 1 saturated heterocycles. The molecule has 0 bridgehead atoms. The van der Waals surface area contributed by atoms with Gasteiger partial charge in [-0.25, -0.2) is 0 Å². The number of nitriles is 1. The number of halogens is 1. The molecule has 19 heavy (non-hydrogen) atoms. The molecular formula is C15H16ClN3. The highest BCUT2D eigenvalue weighted by Crippen LogP contribution is 2.24. The Morgan fingerprint density at radius 3 is 2.63 bits per heavy atom. The van der Waals surface area contributed by atoms with Crippen LogP contribution in [0.25, 0.3) is 0 Å². The molecule has 1 aliphatic rings. The van der Waals surface area contributed by atoms with Crippen LogP contribution in [-0.4, -0.2) is 37.6 Å². The van der Waals surface area contributed by atoms with Crippen LogP contribution in [-0.2, 0) is 0 Å². The molecule has 0 aromatic heterocycles. The van der Waals surface area contributed by atoms with Gasteiger partial charge >= 0.3 is 0 Å². The molecule has 3 nitrogen and oxygen atoms in total. The van der Waals surface area contributed by atoms with Crippen molar-refractivity contribution in [3.05, 3.63) is 28.8 Å². The van der Waals surface area contributed by atoms with E-state index in [0.29, 0.717) is 10.6 Å². The van der Waals surface area contributed by atoms with Crippen LogP contribution in [0.1, 0.15) is 12.0 Å². The predicted octanol–water partition coefficient (Wildman–Crippen LogP) is 2.36. The van der Waals surface area contributed by atoms with E-state index in [-0.39, 0.29) is 0 Å². The Hall–Kier alpha value is -1.68. The van der Waals surface area contributed by atoms with E-state index in [1.807, 2.05) is 12.1 Å². The minimum atomic E-state index is 0.605. The summed E-state index contributed by atoms with van der Waals surface area (Å²) in [6.45, 7) is 4.75. The van der Waals surface area contributed by atoms with Crippen LogP contribution in [0, 0.1) is 23.7 Å². The van der Waals surface area contributed by atoms with Gasteiger partial charge in [0.25, 0.3) is 0 Å².